The number of amides is 1. The molecule has 0 aliphatic heterocycles. The van der Waals surface area contributed by atoms with Crippen LogP contribution in [-0.2, 0) is 14.9 Å². The molecule has 6 nitrogen and oxygen atoms in total. The van der Waals surface area contributed by atoms with Crippen LogP contribution < -0.4 is 9.44 Å². The topological polar surface area (TPSA) is 84.5 Å². The van der Waals surface area contributed by atoms with Gasteiger partial charge in [-0.05, 0) is 25.7 Å². The van der Waals surface area contributed by atoms with Crippen LogP contribution in [0.25, 0.3) is 0 Å². The third-order valence-electron chi connectivity index (χ3n) is 2.30. The number of ether oxygens (including phenoxy) is 1. The number of rotatable bonds is 6. The van der Waals surface area contributed by atoms with Crippen molar-refractivity contribution in [2.45, 2.75) is 53.2 Å². The predicted octanol–water partition coefficient (Wildman–Crippen LogP) is 2.16. The minimum Gasteiger partial charge on any atom is -0.446 e. The minimum atomic E-state index is -3.93. The molecule has 1 atom stereocenters. The van der Waals surface area contributed by atoms with Crippen molar-refractivity contribution in [3.63, 3.8) is 0 Å². The van der Waals surface area contributed by atoms with Crippen molar-refractivity contribution in [2.24, 2.45) is 5.41 Å². The fourth-order valence-electron chi connectivity index (χ4n) is 1.34. The molecule has 2 N–H and O–H groups in total. The highest BCUT2D eigenvalue weighted by Crippen LogP contribution is 2.22. The molecule has 19 heavy (non-hydrogen) atoms. The maximum atomic E-state index is 11.8. The second kappa shape index (κ2) is 7.44. The van der Waals surface area contributed by atoms with Gasteiger partial charge >= 0.3 is 16.3 Å². The summed E-state index contributed by atoms with van der Waals surface area (Å²) in [5.41, 5.74) is -0.259. The number of hydrogen-bond acceptors (Lipinski definition) is 4. The molecule has 0 aliphatic rings. The van der Waals surface area contributed by atoms with Crippen molar-refractivity contribution in [3.8, 4) is 0 Å². The highest BCUT2D eigenvalue weighted by Gasteiger charge is 2.29. The Labute approximate surface area is 124 Å². The van der Waals surface area contributed by atoms with E-state index in [-0.39, 0.29) is 17.6 Å². The van der Waals surface area contributed by atoms with Gasteiger partial charge in [0.05, 0.1) is 6.10 Å². The highest BCUT2D eigenvalue weighted by atomic mass is 79.9. The summed E-state index contributed by atoms with van der Waals surface area (Å²) >= 11 is 3.29. The van der Waals surface area contributed by atoms with E-state index >= 15 is 0 Å². The van der Waals surface area contributed by atoms with Gasteiger partial charge in [0.2, 0.25) is 0 Å². The fourth-order valence-corrected chi connectivity index (χ4v) is 2.97. The number of hydrogen-bond donors (Lipinski definition) is 2. The SMILES string of the molecule is CC(C)OC(=O)NS(=O)(=O)NC(CCBr)C(C)(C)C. The summed E-state index contributed by atoms with van der Waals surface area (Å²) in [6.07, 6.45) is -0.742. The molecule has 0 spiro atoms. The van der Waals surface area contributed by atoms with Crippen LogP contribution in [0.1, 0.15) is 41.0 Å². The molecule has 0 saturated heterocycles. The fraction of sp³-hybridized carbons (Fsp3) is 0.909. The molecule has 0 bridgehead atoms. The van der Waals surface area contributed by atoms with Gasteiger partial charge in [-0.1, -0.05) is 36.7 Å². The molecule has 0 radical (unpaired) electrons. The molecule has 0 aromatic carbocycles. The zero-order valence-electron chi connectivity index (χ0n) is 12.0. The monoisotopic (exact) mass is 358 g/mol. The van der Waals surface area contributed by atoms with Gasteiger partial charge in [-0.25, -0.2) is 9.52 Å². The molecule has 0 aromatic rings. The number of carbonyl (C=O) groups is 1. The van der Waals surface area contributed by atoms with Crippen LogP contribution in [-0.4, -0.2) is 32.0 Å². The third-order valence-corrected chi connectivity index (χ3v) is 3.79. The van der Waals surface area contributed by atoms with E-state index in [9.17, 15) is 13.2 Å². The van der Waals surface area contributed by atoms with Gasteiger partial charge in [-0.3, -0.25) is 0 Å². The Balaban J connectivity index is 4.69. The lowest BCUT2D eigenvalue weighted by Crippen LogP contribution is -2.50. The highest BCUT2D eigenvalue weighted by molar-refractivity contribution is 9.09. The zero-order chi connectivity index (χ0) is 15.3. The van der Waals surface area contributed by atoms with E-state index in [0.717, 1.165) is 0 Å². The molecule has 8 heteroatoms. The first-order valence-electron chi connectivity index (χ1n) is 6.04. The van der Waals surface area contributed by atoms with E-state index in [2.05, 4.69) is 20.7 Å². The molecular weight excluding hydrogens is 336 g/mol. The molecular formula is C11H23BrN2O4S. The minimum absolute atomic E-state index is 0.259. The Hall–Kier alpha value is -0.340. The average molecular weight is 359 g/mol. The van der Waals surface area contributed by atoms with E-state index < -0.39 is 16.3 Å². The molecule has 0 rings (SSSR count). The summed E-state index contributed by atoms with van der Waals surface area (Å²) in [5, 5.41) is 0.661. The van der Waals surface area contributed by atoms with Crippen LogP contribution in [0.3, 0.4) is 0 Å². The van der Waals surface area contributed by atoms with Crippen LogP contribution in [0.15, 0.2) is 0 Å². The van der Waals surface area contributed by atoms with E-state index in [0.29, 0.717) is 11.8 Å². The Morgan fingerprint density at radius 2 is 1.84 bits per heavy atom. The van der Waals surface area contributed by atoms with E-state index in [1.165, 1.54) is 0 Å². The van der Waals surface area contributed by atoms with Crippen molar-refractivity contribution in [1.29, 1.82) is 0 Å². The maximum Gasteiger partial charge on any atom is 0.422 e. The van der Waals surface area contributed by atoms with E-state index in [1.807, 2.05) is 25.5 Å². The van der Waals surface area contributed by atoms with Gasteiger partial charge in [-0.15, -0.1) is 0 Å². The van der Waals surface area contributed by atoms with Crippen molar-refractivity contribution in [1.82, 2.24) is 9.44 Å². The van der Waals surface area contributed by atoms with E-state index in [4.69, 9.17) is 4.74 Å². The molecule has 0 fully saturated rings. The van der Waals surface area contributed by atoms with Gasteiger partial charge in [-0.2, -0.15) is 13.1 Å². The van der Waals surface area contributed by atoms with Crippen molar-refractivity contribution < 1.29 is 17.9 Å². The Kier molecular flexibility index (Phi) is 7.31. The Bertz CT molecular complexity index is 390. The lowest BCUT2D eigenvalue weighted by molar-refractivity contribution is 0.121. The standard InChI is InChI=1S/C11H23BrN2O4S/c1-8(2)18-10(15)14-19(16,17)13-9(6-7-12)11(3,4)5/h8-9,13H,6-7H2,1-5H3,(H,14,15). The maximum absolute atomic E-state index is 11.8. The number of carbonyl (C=O) groups excluding carboxylic acids is 1. The second-order valence-corrected chi connectivity index (χ2v) is 7.81. The molecule has 0 aromatic heterocycles. The summed E-state index contributed by atoms with van der Waals surface area (Å²) in [4.78, 5) is 11.3. The zero-order valence-corrected chi connectivity index (χ0v) is 14.4. The van der Waals surface area contributed by atoms with Crippen LogP contribution in [0.5, 0.6) is 0 Å². The van der Waals surface area contributed by atoms with Crippen LogP contribution >= 0.6 is 15.9 Å². The Morgan fingerprint density at radius 1 is 1.32 bits per heavy atom. The molecule has 1 unspecified atom stereocenters. The normalized spacial score (nSPS) is 14.3. The first-order valence-corrected chi connectivity index (χ1v) is 8.65. The average Bonchev–Trinajstić information content (AvgIpc) is 2.12. The second-order valence-electron chi connectivity index (χ2n) is 5.57. The molecule has 0 saturated carbocycles. The van der Waals surface area contributed by atoms with Gasteiger partial charge in [0.15, 0.2) is 0 Å². The van der Waals surface area contributed by atoms with Crippen molar-refractivity contribution in [3.05, 3.63) is 0 Å². The largest absolute Gasteiger partial charge is 0.446 e. The third kappa shape index (κ3) is 8.43. The molecule has 1 amide bonds. The predicted molar refractivity (Wildman–Crippen MR) is 78.5 cm³/mol. The first-order chi connectivity index (χ1) is 8.48. The lowest BCUT2D eigenvalue weighted by Gasteiger charge is -2.30. The van der Waals surface area contributed by atoms with Gasteiger partial charge in [0.1, 0.15) is 0 Å². The van der Waals surface area contributed by atoms with Crippen LogP contribution in [0.4, 0.5) is 4.79 Å². The van der Waals surface area contributed by atoms with E-state index in [1.54, 1.807) is 13.8 Å². The summed E-state index contributed by atoms with van der Waals surface area (Å²) in [7, 11) is -3.93. The summed E-state index contributed by atoms with van der Waals surface area (Å²) < 4.78 is 32.7. The van der Waals surface area contributed by atoms with Gasteiger partial charge in [0.25, 0.3) is 0 Å². The number of alkyl halides is 1. The molecule has 0 aliphatic carbocycles. The van der Waals surface area contributed by atoms with Crippen molar-refractivity contribution >= 4 is 32.2 Å². The van der Waals surface area contributed by atoms with Crippen molar-refractivity contribution in [2.75, 3.05) is 5.33 Å². The molecule has 114 valence electrons. The van der Waals surface area contributed by atoms with Crippen LogP contribution in [0, 0.1) is 5.41 Å². The van der Waals surface area contributed by atoms with Crippen LogP contribution in [0.2, 0.25) is 0 Å². The van der Waals surface area contributed by atoms with Gasteiger partial charge < -0.3 is 4.74 Å². The Morgan fingerprint density at radius 3 is 2.21 bits per heavy atom. The summed E-state index contributed by atoms with van der Waals surface area (Å²) in [6.45, 7) is 9.06. The van der Waals surface area contributed by atoms with Gasteiger partial charge in [0, 0.05) is 11.4 Å². The number of halogens is 1. The first kappa shape index (κ1) is 18.7. The summed E-state index contributed by atoms with van der Waals surface area (Å²) in [5.74, 6) is 0. The smallest absolute Gasteiger partial charge is 0.422 e. The molecule has 0 heterocycles. The quantitative estimate of drug-likeness (QED) is 0.712. The number of nitrogens with one attached hydrogen (secondary N) is 2. The lowest BCUT2D eigenvalue weighted by atomic mass is 9.86. The summed E-state index contributed by atoms with van der Waals surface area (Å²) in [6, 6.07) is -0.295.